The fourth-order valence-corrected chi connectivity index (χ4v) is 0.673. The molecule has 0 saturated heterocycles. The van der Waals surface area contributed by atoms with E-state index in [0.717, 1.165) is 0 Å². The second kappa shape index (κ2) is 5.29. The Morgan fingerprint density at radius 3 is 2.50 bits per heavy atom. The fourth-order valence-electron chi connectivity index (χ4n) is 0.673. The zero-order chi connectivity index (χ0) is 9.56. The van der Waals surface area contributed by atoms with E-state index in [4.69, 9.17) is 5.11 Å². The van der Waals surface area contributed by atoms with Crippen molar-refractivity contribution in [3.8, 4) is 5.75 Å². The van der Waals surface area contributed by atoms with E-state index in [2.05, 4.69) is 4.98 Å². The first-order valence-electron chi connectivity index (χ1n) is 3.85. The third-order valence-electron chi connectivity index (χ3n) is 1.27. The van der Waals surface area contributed by atoms with Crippen molar-refractivity contribution in [3.63, 3.8) is 0 Å². The van der Waals surface area contributed by atoms with Crippen LogP contribution >= 0.6 is 0 Å². The predicted molar refractivity (Wildman–Crippen MR) is 47.4 cm³/mol. The molecule has 66 valence electrons. The molecule has 3 heteroatoms. The molecule has 0 fully saturated rings. The first-order chi connectivity index (χ1) is 5.75. The van der Waals surface area contributed by atoms with E-state index in [-0.39, 0.29) is 11.3 Å². The van der Waals surface area contributed by atoms with Crippen LogP contribution < -0.4 is 0 Å². The minimum atomic E-state index is -0.0301. The molecule has 1 N–H and O–H groups in total. The van der Waals surface area contributed by atoms with Crippen molar-refractivity contribution in [2.75, 3.05) is 0 Å². The molecule has 3 nitrogen and oxygen atoms in total. The van der Waals surface area contributed by atoms with Gasteiger partial charge in [-0.25, -0.2) is 0 Å². The van der Waals surface area contributed by atoms with Gasteiger partial charge in [-0.15, -0.1) is 0 Å². The van der Waals surface area contributed by atoms with Gasteiger partial charge in [0.05, 0.1) is 11.3 Å². The molecule has 1 rings (SSSR count). The summed E-state index contributed by atoms with van der Waals surface area (Å²) in [7, 11) is 0. The molecule has 0 bridgehead atoms. The lowest BCUT2D eigenvalue weighted by molar-refractivity contribution is 0.112. The van der Waals surface area contributed by atoms with E-state index in [1.165, 1.54) is 12.3 Å². The van der Waals surface area contributed by atoms with Crippen molar-refractivity contribution in [2.45, 2.75) is 20.8 Å². The van der Waals surface area contributed by atoms with Crippen molar-refractivity contribution in [1.29, 1.82) is 0 Å². The fraction of sp³-hybridized carbons (Fsp3) is 0.333. The van der Waals surface area contributed by atoms with Crippen molar-refractivity contribution in [1.82, 2.24) is 4.98 Å². The van der Waals surface area contributed by atoms with Gasteiger partial charge in [-0.3, -0.25) is 9.78 Å². The Balaban J connectivity index is 0.000000561. The summed E-state index contributed by atoms with van der Waals surface area (Å²) in [5, 5.41) is 9.10. The molecular formula is C9H13NO2. The van der Waals surface area contributed by atoms with Gasteiger partial charge >= 0.3 is 0 Å². The quantitative estimate of drug-likeness (QED) is 0.650. The van der Waals surface area contributed by atoms with Gasteiger partial charge in [0, 0.05) is 6.20 Å². The topological polar surface area (TPSA) is 50.2 Å². The van der Waals surface area contributed by atoms with E-state index in [1.807, 2.05) is 13.8 Å². The Kier molecular flexibility index (Phi) is 4.69. The van der Waals surface area contributed by atoms with Gasteiger partial charge in [-0.05, 0) is 13.0 Å². The summed E-state index contributed by atoms with van der Waals surface area (Å²) in [6.07, 6.45) is 2.09. The maximum Gasteiger partial charge on any atom is 0.153 e. The lowest BCUT2D eigenvalue weighted by Gasteiger charge is -1.97. The van der Waals surface area contributed by atoms with Gasteiger partial charge < -0.3 is 5.11 Å². The normalized spacial score (nSPS) is 8.25. The largest absolute Gasteiger partial charge is 0.505 e. The van der Waals surface area contributed by atoms with Crippen LogP contribution in [0.2, 0.25) is 0 Å². The van der Waals surface area contributed by atoms with Crippen LogP contribution in [0.5, 0.6) is 5.75 Å². The van der Waals surface area contributed by atoms with Crippen LogP contribution in [-0.4, -0.2) is 16.4 Å². The molecule has 0 atom stereocenters. The molecule has 0 aliphatic carbocycles. The molecule has 1 aromatic heterocycles. The molecule has 12 heavy (non-hydrogen) atoms. The number of carbonyl (C=O) groups excluding carboxylic acids is 1. The van der Waals surface area contributed by atoms with Gasteiger partial charge in [-0.2, -0.15) is 0 Å². The highest BCUT2D eigenvalue weighted by molar-refractivity contribution is 5.79. The smallest absolute Gasteiger partial charge is 0.153 e. The lowest BCUT2D eigenvalue weighted by atomic mass is 10.2. The van der Waals surface area contributed by atoms with E-state index < -0.39 is 0 Å². The highest BCUT2D eigenvalue weighted by Crippen LogP contribution is 2.16. The molecule has 0 radical (unpaired) electrons. The van der Waals surface area contributed by atoms with Gasteiger partial charge in [0.1, 0.15) is 5.75 Å². The summed E-state index contributed by atoms with van der Waals surface area (Å²) in [6, 6.07) is 1.47. The van der Waals surface area contributed by atoms with Crippen LogP contribution in [0.1, 0.15) is 29.9 Å². The minimum Gasteiger partial charge on any atom is -0.505 e. The van der Waals surface area contributed by atoms with Crippen LogP contribution in [0.15, 0.2) is 12.3 Å². The summed E-state index contributed by atoms with van der Waals surface area (Å²) in [4.78, 5) is 14.0. The molecule has 1 aromatic rings. The third-order valence-corrected chi connectivity index (χ3v) is 1.27. The number of hydrogen-bond donors (Lipinski definition) is 1. The average Bonchev–Trinajstić information content (AvgIpc) is 2.13. The number of carbonyl (C=O) groups is 1. The van der Waals surface area contributed by atoms with Crippen LogP contribution in [0.3, 0.4) is 0 Å². The minimum absolute atomic E-state index is 0.0301. The molecule has 0 aromatic carbocycles. The van der Waals surface area contributed by atoms with Crippen LogP contribution in [0.4, 0.5) is 0 Å². The zero-order valence-corrected chi connectivity index (χ0v) is 7.53. The number of rotatable bonds is 1. The molecule has 0 amide bonds. The molecular weight excluding hydrogens is 154 g/mol. The molecule has 1 heterocycles. The highest BCUT2D eigenvalue weighted by atomic mass is 16.3. The molecule has 0 aliphatic rings. The first-order valence-corrected chi connectivity index (χ1v) is 3.85. The van der Waals surface area contributed by atoms with Crippen molar-refractivity contribution in [3.05, 3.63) is 23.5 Å². The van der Waals surface area contributed by atoms with E-state index in [0.29, 0.717) is 12.0 Å². The number of aromatic hydroxyl groups is 1. The van der Waals surface area contributed by atoms with Gasteiger partial charge in [-0.1, -0.05) is 13.8 Å². The lowest BCUT2D eigenvalue weighted by Crippen LogP contribution is -1.86. The van der Waals surface area contributed by atoms with Crippen LogP contribution in [0.25, 0.3) is 0 Å². The number of nitrogens with zero attached hydrogens (tertiary/aromatic N) is 1. The molecule has 0 saturated carbocycles. The summed E-state index contributed by atoms with van der Waals surface area (Å²) in [5.74, 6) is -0.0301. The van der Waals surface area contributed by atoms with E-state index in [9.17, 15) is 4.79 Å². The highest BCUT2D eigenvalue weighted by Gasteiger charge is 2.01. The monoisotopic (exact) mass is 167 g/mol. The van der Waals surface area contributed by atoms with Crippen molar-refractivity contribution < 1.29 is 9.90 Å². The second-order valence-electron chi connectivity index (χ2n) is 1.95. The standard InChI is InChI=1S/C7H7NO2.C2H6/c1-5-7(10)6(4-9)2-3-8-5;1-2/h2-4,10H,1H3;1-2H3. The van der Waals surface area contributed by atoms with Crippen molar-refractivity contribution in [2.24, 2.45) is 0 Å². The SMILES string of the molecule is CC.Cc1nccc(C=O)c1O. The maximum absolute atomic E-state index is 10.2. The van der Waals surface area contributed by atoms with Crippen molar-refractivity contribution >= 4 is 6.29 Å². The number of hydrogen-bond acceptors (Lipinski definition) is 3. The number of aromatic nitrogens is 1. The number of aryl methyl sites for hydroxylation is 1. The zero-order valence-electron chi connectivity index (χ0n) is 7.53. The van der Waals surface area contributed by atoms with Crippen LogP contribution in [-0.2, 0) is 0 Å². The van der Waals surface area contributed by atoms with Crippen LogP contribution in [0, 0.1) is 6.92 Å². The van der Waals surface area contributed by atoms with Gasteiger partial charge in [0.2, 0.25) is 0 Å². The molecule has 0 spiro atoms. The molecule has 0 unspecified atom stereocenters. The van der Waals surface area contributed by atoms with Gasteiger partial charge in [0.25, 0.3) is 0 Å². The summed E-state index contributed by atoms with van der Waals surface area (Å²) in [5.41, 5.74) is 0.761. The third kappa shape index (κ3) is 2.34. The average molecular weight is 167 g/mol. The number of pyridine rings is 1. The number of aldehydes is 1. The predicted octanol–water partition coefficient (Wildman–Crippen LogP) is 1.93. The Morgan fingerprint density at radius 2 is 2.08 bits per heavy atom. The maximum atomic E-state index is 10.2. The Labute approximate surface area is 72.1 Å². The Bertz CT molecular complexity index is 259. The summed E-state index contributed by atoms with van der Waals surface area (Å²) < 4.78 is 0. The van der Waals surface area contributed by atoms with Gasteiger partial charge in [0.15, 0.2) is 6.29 Å². The Hall–Kier alpha value is -1.38. The molecule has 0 aliphatic heterocycles. The summed E-state index contributed by atoms with van der Waals surface area (Å²) >= 11 is 0. The first kappa shape index (κ1) is 10.6. The Morgan fingerprint density at radius 1 is 1.50 bits per heavy atom. The van der Waals surface area contributed by atoms with E-state index in [1.54, 1.807) is 6.92 Å². The van der Waals surface area contributed by atoms with E-state index >= 15 is 0 Å². The second-order valence-corrected chi connectivity index (χ2v) is 1.95. The summed E-state index contributed by atoms with van der Waals surface area (Å²) in [6.45, 7) is 5.64.